The minimum atomic E-state index is -3.31. The number of hydrogen-bond acceptors (Lipinski definition) is 4. The van der Waals surface area contributed by atoms with Crippen LogP contribution in [0, 0.1) is 0 Å². The van der Waals surface area contributed by atoms with Crippen LogP contribution in [-0.2, 0) is 14.6 Å². The lowest BCUT2D eigenvalue weighted by Gasteiger charge is -2.04. The van der Waals surface area contributed by atoms with Crippen LogP contribution in [-0.4, -0.2) is 28.6 Å². The van der Waals surface area contributed by atoms with Crippen molar-refractivity contribution in [3.8, 4) is 5.75 Å². The maximum atomic E-state index is 11.5. The monoisotopic (exact) mass is 216 g/mol. The summed E-state index contributed by atoms with van der Waals surface area (Å²) in [6.45, 7) is 0. The number of hydrogen-bond donors (Lipinski definition) is 0. The molecule has 4 nitrogen and oxygen atoms in total. The van der Waals surface area contributed by atoms with Gasteiger partial charge in [0.1, 0.15) is 5.75 Å². The minimum Gasteiger partial charge on any atom is -0.497 e. The number of ether oxygens (including phenoxy) is 2. The molecule has 0 atom stereocenters. The maximum Gasteiger partial charge on any atom is 0.202 e. The first-order valence-corrected chi connectivity index (χ1v) is 5.61. The highest BCUT2D eigenvalue weighted by Gasteiger charge is 2.13. The molecule has 0 amide bonds. The fourth-order valence-electron chi connectivity index (χ4n) is 1.01. The second-order valence-electron chi connectivity index (χ2n) is 2.70. The van der Waals surface area contributed by atoms with Gasteiger partial charge in [-0.25, -0.2) is 8.42 Å². The van der Waals surface area contributed by atoms with E-state index < -0.39 is 9.84 Å². The van der Waals surface area contributed by atoms with Crippen molar-refractivity contribution in [3.63, 3.8) is 0 Å². The lowest BCUT2D eigenvalue weighted by Crippen LogP contribution is -2.07. The highest BCUT2D eigenvalue weighted by atomic mass is 32.2. The van der Waals surface area contributed by atoms with Gasteiger partial charge in [-0.15, -0.1) is 0 Å². The average molecular weight is 216 g/mol. The molecule has 0 heterocycles. The van der Waals surface area contributed by atoms with Crippen molar-refractivity contribution in [2.75, 3.05) is 20.2 Å². The lowest BCUT2D eigenvalue weighted by atomic mass is 10.3. The summed E-state index contributed by atoms with van der Waals surface area (Å²) in [5.74, 6) is 0.320. The largest absolute Gasteiger partial charge is 0.497 e. The number of methoxy groups -OCH3 is 2. The SMILES string of the molecule is COCS(=O)(=O)c1ccc(OC)cc1. The molecule has 0 spiro atoms. The van der Waals surface area contributed by atoms with Gasteiger partial charge in [0, 0.05) is 7.11 Å². The molecule has 0 aromatic heterocycles. The Kier molecular flexibility index (Phi) is 3.49. The Balaban J connectivity index is 2.97. The number of sulfone groups is 1. The Bertz CT molecular complexity index is 380. The molecule has 1 aromatic carbocycles. The first-order valence-electron chi connectivity index (χ1n) is 3.96. The third kappa shape index (κ3) is 2.46. The molecular weight excluding hydrogens is 204 g/mol. The molecule has 0 radical (unpaired) electrons. The highest BCUT2D eigenvalue weighted by Crippen LogP contribution is 2.16. The first kappa shape index (κ1) is 11.0. The van der Waals surface area contributed by atoms with Crippen LogP contribution < -0.4 is 4.74 Å². The van der Waals surface area contributed by atoms with Crippen molar-refractivity contribution >= 4 is 9.84 Å². The summed E-state index contributed by atoms with van der Waals surface area (Å²) in [6.07, 6.45) is 0. The molecule has 14 heavy (non-hydrogen) atoms. The van der Waals surface area contributed by atoms with Gasteiger partial charge in [0.05, 0.1) is 12.0 Å². The molecule has 78 valence electrons. The normalized spacial score (nSPS) is 11.3. The smallest absolute Gasteiger partial charge is 0.202 e. The fourth-order valence-corrected chi connectivity index (χ4v) is 2.00. The van der Waals surface area contributed by atoms with Gasteiger partial charge < -0.3 is 9.47 Å². The zero-order valence-electron chi connectivity index (χ0n) is 8.06. The molecule has 1 aromatic rings. The molecule has 1 rings (SSSR count). The Morgan fingerprint density at radius 1 is 1.14 bits per heavy atom. The van der Waals surface area contributed by atoms with Crippen LogP contribution in [0.2, 0.25) is 0 Å². The molecule has 0 aliphatic rings. The Labute approximate surface area is 83.4 Å². The summed E-state index contributed by atoms with van der Waals surface area (Å²) in [4.78, 5) is 0.236. The minimum absolute atomic E-state index is 0.236. The molecule has 0 unspecified atom stereocenters. The molecule has 0 fully saturated rings. The number of rotatable bonds is 4. The van der Waals surface area contributed by atoms with E-state index in [0.717, 1.165) is 0 Å². The van der Waals surface area contributed by atoms with E-state index in [0.29, 0.717) is 5.75 Å². The summed E-state index contributed by atoms with van der Waals surface area (Å²) < 4.78 is 32.4. The van der Waals surface area contributed by atoms with Gasteiger partial charge in [-0.2, -0.15) is 0 Å². The van der Waals surface area contributed by atoms with Crippen molar-refractivity contribution < 1.29 is 17.9 Å². The van der Waals surface area contributed by atoms with Crippen LogP contribution >= 0.6 is 0 Å². The van der Waals surface area contributed by atoms with Crippen molar-refractivity contribution in [2.24, 2.45) is 0 Å². The quantitative estimate of drug-likeness (QED) is 0.755. The molecule has 5 heteroatoms. The lowest BCUT2D eigenvalue weighted by molar-refractivity contribution is 0.250. The van der Waals surface area contributed by atoms with Crippen molar-refractivity contribution in [1.82, 2.24) is 0 Å². The van der Waals surface area contributed by atoms with Crippen molar-refractivity contribution in [2.45, 2.75) is 4.90 Å². The standard InChI is InChI=1S/C9H12O4S/c1-12-7-14(10,11)9-5-3-8(13-2)4-6-9/h3-6H,7H2,1-2H3. The van der Waals surface area contributed by atoms with Gasteiger partial charge in [0.15, 0.2) is 5.94 Å². The van der Waals surface area contributed by atoms with E-state index in [1.54, 1.807) is 12.1 Å². The van der Waals surface area contributed by atoms with Crippen molar-refractivity contribution in [1.29, 1.82) is 0 Å². The van der Waals surface area contributed by atoms with Crippen LogP contribution in [0.3, 0.4) is 0 Å². The summed E-state index contributed by atoms with van der Waals surface area (Å²) in [5.41, 5.74) is 0. The zero-order valence-corrected chi connectivity index (χ0v) is 8.87. The van der Waals surface area contributed by atoms with E-state index in [9.17, 15) is 8.42 Å². The summed E-state index contributed by atoms with van der Waals surface area (Å²) in [6, 6.07) is 6.19. The third-order valence-electron chi connectivity index (χ3n) is 1.69. The Morgan fingerprint density at radius 3 is 2.14 bits per heavy atom. The van der Waals surface area contributed by atoms with E-state index in [1.165, 1.54) is 26.4 Å². The summed E-state index contributed by atoms with van der Waals surface area (Å²) in [5, 5.41) is 0. The van der Waals surface area contributed by atoms with Gasteiger partial charge in [0.25, 0.3) is 0 Å². The summed E-state index contributed by atoms with van der Waals surface area (Å²) >= 11 is 0. The zero-order chi connectivity index (χ0) is 10.6. The molecule has 0 aliphatic carbocycles. The van der Waals surface area contributed by atoms with Gasteiger partial charge in [-0.05, 0) is 24.3 Å². The molecular formula is C9H12O4S. The van der Waals surface area contributed by atoms with E-state index in [4.69, 9.17) is 4.74 Å². The van der Waals surface area contributed by atoms with E-state index in [2.05, 4.69) is 4.74 Å². The van der Waals surface area contributed by atoms with E-state index >= 15 is 0 Å². The fraction of sp³-hybridized carbons (Fsp3) is 0.333. The number of benzene rings is 1. The van der Waals surface area contributed by atoms with Crippen LogP contribution in [0.1, 0.15) is 0 Å². The van der Waals surface area contributed by atoms with Gasteiger partial charge in [-0.3, -0.25) is 0 Å². The van der Waals surface area contributed by atoms with Gasteiger partial charge in [0.2, 0.25) is 9.84 Å². The molecule has 0 saturated heterocycles. The molecule has 0 bridgehead atoms. The maximum absolute atomic E-state index is 11.5. The Morgan fingerprint density at radius 2 is 1.71 bits per heavy atom. The van der Waals surface area contributed by atoms with Gasteiger partial charge in [-0.1, -0.05) is 0 Å². The third-order valence-corrected chi connectivity index (χ3v) is 3.23. The van der Waals surface area contributed by atoms with E-state index in [-0.39, 0.29) is 10.8 Å². The van der Waals surface area contributed by atoms with Crippen LogP contribution in [0.25, 0.3) is 0 Å². The molecule has 0 aliphatic heterocycles. The van der Waals surface area contributed by atoms with E-state index in [1.807, 2.05) is 0 Å². The van der Waals surface area contributed by atoms with Crippen LogP contribution in [0.4, 0.5) is 0 Å². The first-order chi connectivity index (χ1) is 6.60. The van der Waals surface area contributed by atoms with Crippen LogP contribution in [0.15, 0.2) is 29.2 Å². The second-order valence-corrected chi connectivity index (χ2v) is 4.63. The molecule has 0 N–H and O–H groups in total. The Hall–Kier alpha value is -1.07. The topological polar surface area (TPSA) is 52.6 Å². The second kappa shape index (κ2) is 4.43. The highest BCUT2D eigenvalue weighted by molar-refractivity contribution is 7.91. The summed E-state index contributed by atoms with van der Waals surface area (Å²) in [7, 11) is -0.438. The molecule has 0 saturated carbocycles. The van der Waals surface area contributed by atoms with Gasteiger partial charge >= 0.3 is 0 Å². The van der Waals surface area contributed by atoms with Crippen molar-refractivity contribution in [3.05, 3.63) is 24.3 Å². The predicted molar refractivity (Wildman–Crippen MR) is 52.1 cm³/mol. The predicted octanol–water partition coefficient (Wildman–Crippen LogP) is 1.07. The average Bonchev–Trinajstić information content (AvgIpc) is 2.18. The van der Waals surface area contributed by atoms with Crippen LogP contribution in [0.5, 0.6) is 5.75 Å².